The summed E-state index contributed by atoms with van der Waals surface area (Å²) in [5.74, 6) is 0.669. The molecule has 0 bridgehead atoms. The molecule has 0 saturated carbocycles. The van der Waals surface area contributed by atoms with Gasteiger partial charge in [-0.3, -0.25) is 4.57 Å². The number of nitrogens with zero attached hydrogens (tertiary/aromatic N) is 7. The summed E-state index contributed by atoms with van der Waals surface area (Å²) in [5.41, 5.74) is 3.59. The van der Waals surface area contributed by atoms with E-state index in [9.17, 15) is 0 Å². The summed E-state index contributed by atoms with van der Waals surface area (Å²) in [6.07, 6.45) is 2.44. The number of imidazole rings is 1. The summed E-state index contributed by atoms with van der Waals surface area (Å²) >= 11 is 6.47. The largest absolute Gasteiger partial charge is 0.367 e. The number of benzene rings is 2. The van der Waals surface area contributed by atoms with Crippen molar-refractivity contribution in [2.75, 3.05) is 46.0 Å². The lowest BCUT2D eigenvalue weighted by Gasteiger charge is -2.32. The second kappa shape index (κ2) is 10.8. The van der Waals surface area contributed by atoms with Crippen molar-refractivity contribution in [3.8, 4) is 0 Å². The molecule has 41 heavy (non-hydrogen) atoms. The van der Waals surface area contributed by atoms with Gasteiger partial charge < -0.3 is 19.5 Å². The van der Waals surface area contributed by atoms with Gasteiger partial charge >= 0.3 is 0 Å². The topological polar surface area (TPSA) is 98.9 Å². The molecule has 4 atom stereocenters. The van der Waals surface area contributed by atoms with Gasteiger partial charge in [-0.25, -0.2) is 14.6 Å². The maximum Gasteiger partial charge on any atom is 0.226 e. The highest BCUT2D eigenvalue weighted by atomic mass is 35.5. The Kier molecular flexibility index (Phi) is 6.93. The number of rotatable bonds is 8. The molecule has 2 aromatic carbocycles. The third-order valence-electron chi connectivity index (χ3n) is 8.08. The van der Waals surface area contributed by atoms with E-state index in [-0.39, 0.29) is 36.3 Å². The molecule has 3 aliphatic rings. The molecule has 11 nitrogen and oxygen atoms in total. The number of ether oxygens (including phenoxy) is 3. The van der Waals surface area contributed by atoms with Crippen LogP contribution in [-0.2, 0) is 14.2 Å². The first-order valence-corrected chi connectivity index (χ1v) is 14.1. The van der Waals surface area contributed by atoms with Crippen LogP contribution >= 0.6 is 11.6 Å². The zero-order valence-corrected chi connectivity index (χ0v) is 23.6. The first-order valence-electron chi connectivity index (χ1n) is 13.7. The summed E-state index contributed by atoms with van der Waals surface area (Å²) in [5, 5.41) is 5.85. The lowest BCUT2D eigenvalue weighted by molar-refractivity contribution is -0.913. The number of nitrogens with one attached hydrogen (secondary N) is 1. The number of quaternary nitrogens is 1. The van der Waals surface area contributed by atoms with Crippen LogP contribution in [0.2, 0.25) is 5.28 Å². The summed E-state index contributed by atoms with van der Waals surface area (Å²) in [7, 11) is 4.17. The molecule has 5 heterocycles. The first-order chi connectivity index (χ1) is 20.0. The quantitative estimate of drug-likeness (QED) is 0.251. The van der Waals surface area contributed by atoms with E-state index in [0.717, 1.165) is 0 Å². The van der Waals surface area contributed by atoms with Crippen LogP contribution in [0, 0.1) is 0 Å². The minimum atomic E-state index is -0.475. The zero-order chi connectivity index (χ0) is 28.0. The van der Waals surface area contributed by atoms with E-state index in [1.165, 1.54) is 11.1 Å². The SMILES string of the molecule is C[N+]1(C)C=NCN1C[C@H]1O[C@@H](n2cnc3c(NCC(c4ccccc4)c4ccccc4)nc(Cl)nc32)[C@@H]2OCO[C@@H]21. The van der Waals surface area contributed by atoms with Crippen LogP contribution in [0.4, 0.5) is 5.82 Å². The van der Waals surface area contributed by atoms with Gasteiger partial charge in [-0.15, -0.1) is 5.01 Å². The minimum Gasteiger partial charge on any atom is -0.367 e. The smallest absolute Gasteiger partial charge is 0.226 e. The van der Waals surface area contributed by atoms with Gasteiger partial charge in [-0.1, -0.05) is 60.7 Å². The van der Waals surface area contributed by atoms with E-state index < -0.39 is 6.23 Å². The maximum absolute atomic E-state index is 6.57. The van der Waals surface area contributed by atoms with Crippen molar-refractivity contribution in [1.82, 2.24) is 24.5 Å². The Morgan fingerprint density at radius 3 is 2.39 bits per heavy atom. The van der Waals surface area contributed by atoms with Crippen LogP contribution in [0.15, 0.2) is 72.0 Å². The number of hydrogen-bond donors (Lipinski definition) is 1. The summed E-state index contributed by atoms with van der Waals surface area (Å²) in [6, 6.07) is 20.8. The first kappa shape index (κ1) is 26.4. The van der Waals surface area contributed by atoms with E-state index in [2.05, 4.69) is 87.9 Å². The molecule has 0 radical (unpaired) electrons. The highest BCUT2D eigenvalue weighted by Crippen LogP contribution is 2.39. The van der Waals surface area contributed by atoms with Crippen LogP contribution in [0.25, 0.3) is 11.2 Å². The molecule has 0 amide bonds. The van der Waals surface area contributed by atoms with Crippen LogP contribution in [-0.4, -0.2) is 94.4 Å². The highest BCUT2D eigenvalue weighted by Gasteiger charge is 2.52. The molecule has 0 spiro atoms. The highest BCUT2D eigenvalue weighted by molar-refractivity contribution is 6.28. The van der Waals surface area contributed by atoms with E-state index in [1.807, 2.05) is 23.0 Å². The minimum absolute atomic E-state index is 0.101. The molecule has 0 aliphatic carbocycles. The Morgan fingerprint density at radius 2 is 1.71 bits per heavy atom. The molecule has 2 aromatic heterocycles. The van der Waals surface area contributed by atoms with Gasteiger partial charge in [0.1, 0.15) is 31.8 Å². The normalized spacial score (nSPS) is 25.4. The second-order valence-corrected chi connectivity index (χ2v) is 11.3. The summed E-state index contributed by atoms with van der Waals surface area (Å²) in [6.45, 7) is 2.06. The molecule has 2 fully saturated rings. The fourth-order valence-corrected chi connectivity index (χ4v) is 6.06. The van der Waals surface area contributed by atoms with E-state index in [4.69, 9.17) is 30.8 Å². The van der Waals surface area contributed by atoms with Crippen molar-refractivity contribution in [3.63, 3.8) is 0 Å². The lowest BCUT2D eigenvalue weighted by atomic mass is 9.91. The molecule has 12 heteroatoms. The van der Waals surface area contributed by atoms with Crippen LogP contribution in [0.5, 0.6) is 0 Å². The van der Waals surface area contributed by atoms with Crippen molar-refractivity contribution < 1.29 is 18.8 Å². The van der Waals surface area contributed by atoms with Gasteiger partial charge in [0.05, 0.1) is 27.0 Å². The average molecular weight is 576 g/mol. The van der Waals surface area contributed by atoms with Crippen molar-refractivity contribution in [3.05, 3.63) is 83.4 Å². The maximum atomic E-state index is 6.57. The molecule has 0 unspecified atom stereocenters. The summed E-state index contributed by atoms with van der Waals surface area (Å²) in [4.78, 5) is 18.2. The van der Waals surface area contributed by atoms with Gasteiger partial charge in [0.15, 0.2) is 23.2 Å². The Labute approximate surface area is 242 Å². The van der Waals surface area contributed by atoms with Crippen molar-refractivity contribution in [1.29, 1.82) is 0 Å². The van der Waals surface area contributed by atoms with E-state index in [0.29, 0.717) is 41.3 Å². The standard InChI is InChI=1S/C29H32ClN8O3/c1-38(2)17-31-15-36(38)14-22-24-25(40-18-39-24)28(41-22)37-16-33-23-26(34-29(30)35-27(23)37)32-13-21(19-9-5-3-6-10-19)20-11-7-4-8-12-20/h3-12,16-17,21-22,24-25,28H,13-15,18H2,1-2H3,(H,32,34,35)/q+1/t22-,24-,25-,28-/m1/s1. The monoisotopic (exact) mass is 575 g/mol. The fraction of sp³-hybridized carbons (Fsp3) is 0.379. The van der Waals surface area contributed by atoms with Gasteiger partial charge in [0, 0.05) is 12.5 Å². The Morgan fingerprint density at radius 1 is 1.00 bits per heavy atom. The number of anilines is 1. The average Bonchev–Trinajstić information content (AvgIpc) is 3.75. The van der Waals surface area contributed by atoms with Gasteiger partial charge in [-0.05, 0) is 22.7 Å². The zero-order valence-electron chi connectivity index (χ0n) is 22.9. The molecular formula is C29H32ClN8O3+. The van der Waals surface area contributed by atoms with Crippen LogP contribution in [0.1, 0.15) is 23.3 Å². The molecule has 212 valence electrons. The predicted molar refractivity (Wildman–Crippen MR) is 154 cm³/mol. The number of halogens is 1. The molecular weight excluding hydrogens is 544 g/mol. The van der Waals surface area contributed by atoms with Crippen LogP contribution in [0.3, 0.4) is 0 Å². The molecule has 2 saturated heterocycles. The third-order valence-corrected chi connectivity index (χ3v) is 8.25. The van der Waals surface area contributed by atoms with Crippen molar-refractivity contribution >= 4 is 34.9 Å². The van der Waals surface area contributed by atoms with Gasteiger partial charge in [0.25, 0.3) is 0 Å². The summed E-state index contributed by atoms with van der Waals surface area (Å²) < 4.78 is 21.0. The molecule has 7 rings (SSSR count). The predicted octanol–water partition coefficient (Wildman–Crippen LogP) is 3.66. The molecule has 4 aromatic rings. The van der Waals surface area contributed by atoms with Crippen molar-refractivity contribution in [2.45, 2.75) is 30.5 Å². The Hall–Kier alpha value is -3.45. The van der Waals surface area contributed by atoms with E-state index in [1.54, 1.807) is 6.33 Å². The lowest BCUT2D eigenvalue weighted by Crippen LogP contribution is -2.53. The van der Waals surface area contributed by atoms with Crippen LogP contribution < -0.4 is 5.32 Å². The Balaban J connectivity index is 1.16. The number of aromatic nitrogens is 4. The number of hydrogen-bond acceptors (Lipinski definition) is 9. The second-order valence-electron chi connectivity index (χ2n) is 11.0. The molecule has 1 N–H and O–H groups in total. The fourth-order valence-electron chi connectivity index (χ4n) is 5.89. The Bertz CT molecular complexity index is 1510. The number of aliphatic imine (C=N–C) groups is 1. The van der Waals surface area contributed by atoms with Gasteiger partial charge in [-0.2, -0.15) is 9.97 Å². The molecule has 3 aliphatic heterocycles. The van der Waals surface area contributed by atoms with Gasteiger partial charge in [0.2, 0.25) is 11.6 Å². The van der Waals surface area contributed by atoms with Crippen molar-refractivity contribution in [2.24, 2.45) is 4.99 Å². The number of fused-ring (bicyclic) bond motifs is 2. The third kappa shape index (κ3) is 4.99. The van der Waals surface area contributed by atoms with E-state index >= 15 is 0 Å².